The molecular formula is C12H13FO. The lowest BCUT2D eigenvalue weighted by Gasteiger charge is -2.07. The molecule has 1 aromatic carbocycles. The Kier molecular flexibility index (Phi) is 2.62. The van der Waals surface area contributed by atoms with Crippen LogP contribution in [0.3, 0.4) is 0 Å². The van der Waals surface area contributed by atoms with Gasteiger partial charge in [0.2, 0.25) is 0 Å². The van der Waals surface area contributed by atoms with E-state index in [1.807, 2.05) is 6.07 Å². The molecule has 74 valence electrons. The second-order valence-corrected chi connectivity index (χ2v) is 3.89. The Labute approximate surface area is 82.9 Å². The van der Waals surface area contributed by atoms with Crippen LogP contribution in [0.4, 0.5) is 4.39 Å². The number of halogens is 1. The summed E-state index contributed by atoms with van der Waals surface area (Å²) < 4.78 is 12.9. The number of carbonyl (C=O) groups is 1. The zero-order valence-corrected chi connectivity index (χ0v) is 8.00. The Hall–Kier alpha value is -1.18. The molecule has 2 rings (SSSR count). The van der Waals surface area contributed by atoms with Gasteiger partial charge in [0.05, 0.1) is 0 Å². The lowest BCUT2D eigenvalue weighted by Crippen LogP contribution is -2.09. The lowest BCUT2D eigenvalue weighted by atomic mass is 9.97. The molecule has 0 aliphatic heterocycles. The van der Waals surface area contributed by atoms with Gasteiger partial charge in [0.1, 0.15) is 11.6 Å². The molecule has 0 aromatic heterocycles. The number of carbonyl (C=O) groups excluding carboxylic acids is 1. The number of rotatable bonds is 2. The van der Waals surface area contributed by atoms with E-state index in [4.69, 9.17) is 0 Å². The minimum atomic E-state index is -0.215. The largest absolute Gasteiger partial charge is 0.299 e. The monoisotopic (exact) mass is 192 g/mol. The number of benzene rings is 1. The fourth-order valence-corrected chi connectivity index (χ4v) is 2.05. The van der Waals surface area contributed by atoms with Gasteiger partial charge < -0.3 is 0 Å². The standard InChI is InChI=1S/C12H13FO/c13-11-5-1-3-9(8-11)7-10-4-2-6-12(10)14/h1,3,5,8,10H,2,4,6-7H2. The Morgan fingerprint density at radius 3 is 2.93 bits per heavy atom. The molecule has 0 bridgehead atoms. The van der Waals surface area contributed by atoms with Crippen molar-refractivity contribution in [1.29, 1.82) is 0 Å². The van der Waals surface area contributed by atoms with Crippen LogP contribution in [-0.4, -0.2) is 5.78 Å². The van der Waals surface area contributed by atoms with Crippen LogP contribution >= 0.6 is 0 Å². The maximum atomic E-state index is 12.9. The maximum absolute atomic E-state index is 12.9. The van der Waals surface area contributed by atoms with Gasteiger partial charge in [-0.05, 0) is 37.0 Å². The van der Waals surface area contributed by atoms with Crippen LogP contribution in [0.25, 0.3) is 0 Å². The molecule has 0 radical (unpaired) electrons. The SMILES string of the molecule is O=C1CCCC1Cc1cccc(F)c1. The average Bonchev–Trinajstić information content (AvgIpc) is 2.52. The predicted molar refractivity (Wildman–Crippen MR) is 52.5 cm³/mol. The zero-order chi connectivity index (χ0) is 9.97. The predicted octanol–water partition coefficient (Wildman–Crippen LogP) is 2.74. The topological polar surface area (TPSA) is 17.1 Å². The number of hydrogen-bond donors (Lipinski definition) is 0. The van der Waals surface area contributed by atoms with Crippen LogP contribution in [-0.2, 0) is 11.2 Å². The van der Waals surface area contributed by atoms with E-state index in [9.17, 15) is 9.18 Å². The van der Waals surface area contributed by atoms with Gasteiger partial charge in [-0.25, -0.2) is 4.39 Å². The molecule has 1 saturated carbocycles. The lowest BCUT2D eigenvalue weighted by molar-refractivity contribution is -0.120. The van der Waals surface area contributed by atoms with Crippen molar-refractivity contribution in [2.45, 2.75) is 25.7 Å². The zero-order valence-electron chi connectivity index (χ0n) is 8.00. The first-order valence-electron chi connectivity index (χ1n) is 5.03. The fraction of sp³-hybridized carbons (Fsp3) is 0.417. The van der Waals surface area contributed by atoms with Gasteiger partial charge in [0.25, 0.3) is 0 Å². The van der Waals surface area contributed by atoms with Crippen molar-refractivity contribution < 1.29 is 9.18 Å². The van der Waals surface area contributed by atoms with Gasteiger partial charge >= 0.3 is 0 Å². The van der Waals surface area contributed by atoms with E-state index in [-0.39, 0.29) is 11.7 Å². The highest BCUT2D eigenvalue weighted by atomic mass is 19.1. The first-order valence-corrected chi connectivity index (χ1v) is 5.03. The summed E-state index contributed by atoms with van der Waals surface area (Å²) in [5, 5.41) is 0. The van der Waals surface area contributed by atoms with Crippen molar-refractivity contribution in [1.82, 2.24) is 0 Å². The van der Waals surface area contributed by atoms with E-state index in [0.717, 1.165) is 18.4 Å². The molecule has 1 fully saturated rings. The molecular weight excluding hydrogens is 179 g/mol. The summed E-state index contributed by atoms with van der Waals surface area (Å²) in [4.78, 5) is 11.4. The molecule has 0 saturated heterocycles. The highest BCUT2D eigenvalue weighted by Crippen LogP contribution is 2.25. The fourth-order valence-electron chi connectivity index (χ4n) is 2.05. The number of ketones is 1. The van der Waals surface area contributed by atoms with E-state index < -0.39 is 0 Å². The Morgan fingerprint density at radius 1 is 1.43 bits per heavy atom. The molecule has 1 unspecified atom stereocenters. The molecule has 1 atom stereocenters. The van der Waals surface area contributed by atoms with Crippen molar-refractivity contribution >= 4 is 5.78 Å². The molecule has 0 amide bonds. The van der Waals surface area contributed by atoms with E-state index in [1.165, 1.54) is 12.1 Å². The summed E-state index contributed by atoms with van der Waals surface area (Å²) >= 11 is 0. The van der Waals surface area contributed by atoms with Gasteiger partial charge in [0, 0.05) is 12.3 Å². The Balaban J connectivity index is 2.07. The van der Waals surface area contributed by atoms with Gasteiger partial charge in [-0.3, -0.25) is 4.79 Å². The van der Waals surface area contributed by atoms with Gasteiger partial charge in [-0.2, -0.15) is 0 Å². The van der Waals surface area contributed by atoms with E-state index in [1.54, 1.807) is 6.07 Å². The highest BCUT2D eigenvalue weighted by Gasteiger charge is 2.24. The van der Waals surface area contributed by atoms with Crippen LogP contribution in [0.5, 0.6) is 0 Å². The minimum absolute atomic E-state index is 0.136. The van der Waals surface area contributed by atoms with Crippen LogP contribution in [0, 0.1) is 11.7 Å². The van der Waals surface area contributed by atoms with Crippen LogP contribution in [0.2, 0.25) is 0 Å². The Bertz CT molecular complexity index is 346. The molecule has 2 heteroatoms. The normalized spacial score (nSPS) is 21.5. The smallest absolute Gasteiger partial charge is 0.136 e. The minimum Gasteiger partial charge on any atom is -0.299 e. The summed E-state index contributed by atoms with van der Waals surface area (Å²) in [7, 11) is 0. The molecule has 1 nitrogen and oxygen atoms in total. The molecule has 14 heavy (non-hydrogen) atoms. The van der Waals surface area contributed by atoms with Crippen LogP contribution in [0.1, 0.15) is 24.8 Å². The highest BCUT2D eigenvalue weighted by molar-refractivity contribution is 5.83. The second-order valence-electron chi connectivity index (χ2n) is 3.89. The number of hydrogen-bond acceptors (Lipinski definition) is 1. The van der Waals surface area contributed by atoms with Crippen molar-refractivity contribution in [2.24, 2.45) is 5.92 Å². The number of Topliss-reactive ketones (excluding diaryl/α,β-unsaturated/α-hetero) is 1. The van der Waals surface area contributed by atoms with Crippen molar-refractivity contribution in [3.05, 3.63) is 35.6 Å². The third-order valence-electron chi connectivity index (χ3n) is 2.80. The van der Waals surface area contributed by atoms with Crippen molar-refractivity contribution in [2.75, 3.05) is 0 Å². The molecule has 1 aromatic rings. The summed E-state index contributed by atoms with van der Waals surface area (Å²) in [6, 6.07) is 6.53. The first-order chi connectivity index (χ1) is 6.75. The average molecular weight is 192 g/mol. The van der Waals surface area contributed by atoms with Crippen LogP contribution in [0.15, 0.2) is 24.3 Å². The molecule has 1 aliphatic rings. The van der Waals surface area contributed by atoms with Crippen LogP contribution < -0.4 is 0 Å². The summed E-state index contributed by atoms with van der Waals surface area (Å²) in [5.74, 6) is 0.263. The maximum Gasteiger partial charge on any atom is 0.136 e. The van der Waals surface area contributed by atoms with E-state index >= 15 is 0 Å². The molecule has 0 heterocycles. The summed E-state index contributed by atoms with van der Waals surface area (Å²) in [6.07, 6.45) is 3.38. The van der Waals surface area contributed by atoms with E-state index in [2.05, 4.69) is 0 Å². The first kappa shape index (κ1) is 9.38. The van der Waals surface area contributed by atoms with Gasteiger partial charge in [-0.1, -0.05) is 12.1 Å². The molecule has 0 spiro atoms. The van der Waals surface area contributed by atoms with Gasteiger partial charge in [0.15, 0.2) is 0 Å². The second kappa shape index (κ2) is 3.91. The van der Waals surface area contributed by atoms with Crippen molar-refractivity contribution in [3.63, 3.8) is 0 Å². The summed E-state index contributed by atoms with van der Waals surface area (Å²) in [5.41, 5.74) is 0.935. The quantitative estimate of drug-likeness (QED) is 0.704. The van der Waals surface area contributed by atoms with Gasteiger partial charge in [-0.15, -0.1) is 0 Å². The van der Waals surface area contributed by atoms with Crippen molar-refractivity contribution in [3.8, 4) is 0 Å². The molecule has 0 N–H and O–H groups in total. The third-order valence-corrected chi connectivity index (χ3v) is 2.80. The van der Waals surface area contributed by atoms with E-state index in [0.29, 0.717) is 18.6 Å². The Morgan fingerprint density at radius 2 is 2.29 bits per heavy atom. The third kappa shape index (κ3) is 2.00. The molecule has 1 aliphatic carbocycles. The summed E-state index contributed by atoms with van der Waals surface area (Å²) in [6.45, 7) is 0.